The molecule has 45 heavy (non-hydrogen) atoms. The fourth-order valence-corrected chi connectivity index (χ4v) is 4.82. The van der Waals surface area contributed by atoms with E-state index in [1.807, 2.05) is 6.07 Å². The van der Waals surface area contributed by atoms with Crippen molar-refractivity contribution in [1.29, 1.82) is 5.26 Å². The number of nitrogens with one attached hydrogen (secondary N) is 1. The molecule has 0 radical (unpaired) electrons. The lowest BCUT2D eigenvalue weighted by atomic mass is 9.90. The van der Waals surface area contributed by atoms with Crippen molar-refractivity contribution in [3.8, 4) is 6.07 Å². The molecule has 5 rings (SSSR count). The number of hydrogen-bond donors (Lipinski definition) is 1. The molecule has 0 aliphatic carbocycles. The Morgan fingerprint density at radius 1 is 0.533 bits per heavy atom. The summed E-state index contributed by atoms with van der Waals surface area (Å²) in [5.41, 5.74) is 0.854. The zero-order chi connectivity index (χ0) is 31.6. The molecule has 0 bridgehead atoms. The first-order valence-electron chi connectivity index (χ1n) is 14.1. The van der Waals surface area contributed by atoms with Gasteiger partial charge >= 0.3 is 23.9 Å². The van der Waals surface area contributed by atoms with E-state index in [4.69, 9.17) is 18.9 Å². The van der Waals surface area contributed by atoms with Gasteiger partial charge in [0.05, 0.1) is 34.4 Å². The number of benzene rings is 4. The van der Waals surface area contributed by atoms with Crippen LogP contribution in [0, 0.1) is 11.3 Å². The first kappa shape index (κ1) is 30.7. The lowest BCUT2D eigenvalue weighted by Gasteiger charge is -2.43. The molecule has 4 aromatic carbocycles. The predicted molar refractivity (Wildman–Crippen MR) is 160 cm³/mol. The summed E-state index contributed by atoms with van der Waals surface area (Å²) in [5, 5.41) is 13.2. The Kier molecular flexibility index (Phi) is 9.94. The number of nitrogens with zero attached hydrogens (tertiary/aromatic N) is 1. The van der Waals surface area contributed by atoms with Crippen molar-refractivity contribution in [3.63, 3.8) is 0 Å². The molecule has 1 aliphatic heterocycles. The number of hydrogen-bond acceptors (Lipinski definition) is 10. The average molecular weight is 605 g/mol. The van der Waals surface area contributed by atoms with Crippen molar-refractivity contribution in [2.75, 3.05) is 6.61 Å². The van der Waals surface area contributed by atoms with Crippen LogP contribution in [-0.2, 0) is 18.9 Å². The molecule has 1 N–H and O–H groups in total. The van der Waals surface area contributed by atoms with Crippen LogP contribution in [0.1, 0.15) is 41.4 Å². The topological polar surface area (TPSA) is 141 Å². The van der Waals surface area contributed by atoms with Gasteiger partial charge in [-0.1, -0.05) is 72.8 Å². The van der Waals surface area contributed by atoms with Crippen LogP contribution in [0.25, 0.3) is 0 Å². The monoisotopic (exact) mass is 604 g/mol. The van der Waals surface area contributed by atoms with E-state index in [-0.39, 0.29) is 28.9 Å². The highest BCUT2D eigenvalue weighted by molar-refractivity contribution is 5.91. The largest absolute Gasteiger partial charge is 0.460 e. The number of carbonyl (C=O) groups is 4. The van der Waals surface area contributed by atoms with E-state index < -0.39 is 54.3 Å². The third-order valence-corrected chi connectivity index (χ3v) is 7.07. The predicted octanol–water partition coefficient (Wildman–Crippen LogP) is 4.38. The number of carbonyl (C=O) groups excluding carboxylic acids is 4. The summed E-state index contributed by atoms with van der Waals surface area (Å²) in [6.45, 7) is -0.378. The Bertz CT molecular complexity index is 1660. The van der Waals surface area contributed by atoms with Gasteiger partial charge in [0.2, 0.25) is 0 Å². The standard InChI is InChI=1S/C35H28N2O8/c36-21-27-29(43-33(39)24-15-7-2-8-16-24)31(45-35(41)26-19-11-4-12-20-26)30(44-34(40)25-17-9-3-10-18-25)28(37-27)22-42-32(38)23-13-5-1-6-14-23/h1-20,27-31,37H,22H2/t27-,28-,29+,30-,31-/m1/s1. The quantitative estimate of drug-likeness (QED) is 0.216. The highest BCUT2D eigenvalue weighted by Gasteiger charge is 2.52. The maximum Gasteiger partial charge on any atom is 0.338 e. The Balaban J connectivity index is 1.51. The van der Waals surface area contributed by atoms with Gasteiger partial charge in [-0.15, -0.1) is 0 Å². The van der Waals surface area contributed by atoms with Crippen molar-refractivity contribution < 1.29 is 38.1 Å². The van der Waals surface area contributed by atoms with Crippen LogP contribution in [0.2, 0.25) is 0 Å². The maximum absolute atomic E-state index is 13.4. The molecule has 0 aromatic heterocycles. The molecule has 1 fully saturated rings. The molecule has 1 aliphatic rings. The van der Waals surface area contributed by atoms with Crippen LogP contribution < -0.4 is 5.32 Å². The Hall–Kier alpha value is -5.79. The number of ether oxygens (including phenoxy) is 4. The second kappa shape index (κ2) is 14.6. The van der Waals surface area contributed by atoms with Gasteiger partial charge in [-0.3, -0.25) is 5.32 Å². The van der Waals surface area contributed by atoms with E-state index in [0.29, 0.717) is 0 Å². The summed E-state index contributed by atoms with van der Waals surface area (Å²) in [6.07, 6.45) is -4.28. The van der Waals surface area contributed by atoms with Gasteiger partial charge in [-0.05, 0) is 48.5 Å². The van der Waals surface area contributed by atoms with Gasteiger partial charge in [0.25, 0.3) is 0 Å². The molecular weight excluding hydrogens is 576 g/mol. The van der Waals surface area contributed by atoms with Crippen LogP contribution >= 0.6 is 0 Å². The van der Waals surface area contributed by atoms with Gasteiger partial charge in [0.1, 0.15) is 12.6 Å². The zero-order valence-electron chi connectivity index (χ0n) is 23.9. The van der Waals surface area contributed by atoms with E-state index in [0.717, 1.165) is 0 Å². The Morgan fingerprint density at radius 2 is 0.889 bits per heavy atom. The summed E-state index contributed by atoms with van der Waals surface area (Å²) >= 11 is 0. The summed E-state index contributed by atoms with van der Waals surface area (Å²) in [4.78, 5) is 52.8. The summed E-state index contributed by atoms with van der Waals surface area (Å²) < 4.78 is 23.2. The first-order valence-corrected chi connectivity index (χ1v) is 14.1. The molecule has 10 heteroatoms. The third-order valence-electron chi connectivity index (χ3n) is 7.07. The van der Waals surface area contributed by atoms with Crippen LogP contribution in [-0.4, -0.2) is 60.9 Å². The van der Waals surface area contributed by atoms with Gasteiger partial charge in [-0.25, -0.2) is 19.2 Å². The first-order chi connectivity index (χ1) is 21.9. The van der Waals surface area contributed by atoms with E-state index in [9.17, 15) is 24.4 Å². The van der Waals surface area contributed by atoms with Crippen molar-refractivity contribution in [3.05, 3.63) is 144 Å². The molecule has 1 heterocycles. The lowest BCUT2D eigenvalue weighted by Crippen LogP contribution is -2.68. The molecule has 0 unspecified atom stereocenters. The van der Waals surface area contributed by atoms with E-state index in [1.54, 1.807) is 97.1 Å². The normalized spacial score (nSPS) is 20.6. The van der Waals surface area contributed by atoms with E-state index in [2.05, 4.69) is 5.32 Å². The zero-order valence-corrected chi connectivity index (χ0v) is 23.9. The number of rotatable bonds is 9. The minimum absolute atomic E-state index is 0.179. The molecule has 4 aromatic rings. The minimum atomic E-state index is -1.48. The Labute approximate surface area is 259 Å². The van der Waals surface area contributed by atoms with Crippen molar-refractivity contribution >= 4 is 23.9 Å². The van der Waals surface area contributed by atoms with Crippen molar-refractivity contribution in [2.24, 2.45) is 0 Å². The molecular formula is C35H28N2O8. The van der Waals surface area contributed by atoms with Gasteiger partial charge in [0, 0.05) is 0 Å². The third kappa shape index (κ3) is 7.60. The number of esters is 4. The minimum Gasteiger partial charge on any atom is -0.460 e. The second-order valence-corrected chi connectivity index (χ2v) is 10.1. The molecule has 5 atom stereocenters. The van der Waals surface area contributed by atoms with Gasteiger partial charge in [0.15, 0.2) is 18.3 Å². The molecule has 1 saturated heterocycles. The van der Waals surface area contributed by atoms with Crippen LogP contribution in [0.15, 0.2) is 121 Å². The molecule has 0 saturated carbocycles. The molecule has 10 nitrogen and oxygen atoms in total. The SMILES string of the molecule is N#C[C@H]1N[C@H](COC(=O)c2ccccc2)[C@@H](OC(=O)c2ccccc2)[C@H](OC(=O)c2ccccc2)[C@H]1OC(=O)c1ccccc1. The number of nitriles is 1. The smallest absolute Gasteiger partial charge is 0.338 e. The second-order valence-electron chi connectivity index (χ2n) is 10.1. The highest BCUT2D eigenvalue weighted by atomic mass is 16.6. The summed E-state index contributed by atoms with van der Waals surface area (Å²) in [6, 6.07) is 32.2. The van der Waals surface area contributed by atoms with Crippen LogP contribution in [0.5, 0.6) is 0 Å². The van der Waals surface area contributed by atoms with Crippen LogP contribution in [0.4, 0.5) is 0 Å². The summed E-state index contributed by atoms with van der Waals surface area (Å²) in [5.74, 6) is -3.02. The summed E-state index contributed by atoms with van der Waals surface area (Å²) in [7, 11) is 0. The Morgan fingerprint density at radius 3 is 1.29 bits per heavy atom. The fourth-order valence-electron chi connectivity index (χ4n) is 4.82. The number of piperidine rings is 1. The lowest BCUT2D eigenvalue weighted by molar-refractivity contribution is -0.126. The van der Waals surface area contributed by atoms with Crippen molar-refractivity contribution in [1.82, 2.24) is 5.32 Å². The molecule has 0 amide bonds. The van der Waals surface area contributed by atoms with Gasteiger partial charge in [-0.2, -0.15) is 5.26 Å². The van der Waals surface area contributed by atoms with Crippen LogP contribution in [0.3, 0.4) is 0 Å². The van der Waals surface area contributed by atoms with Crippen molar-refractivity contribution in [2.45, 2.75) is 30.4 Å². The van der Waals surface area contributed by atoms with E-state index in [1.165, 1.54) is 24.3 Å². The highest BCUT2D eigenvalue weighted by Crippen LogP contribution is 2.27. The van der Waals surface area contributed by atoms with Gasteiger partial charge < -0.3 is 18.9 Å². The molecule has 226 valence electrons. The van der Waals surface area contributed by atoms with E-state index >= 15 is 0 Å². The average Bonchev–Trinajstić information content (AvgIpc) is 3.10. The fraction of sp³-hybridized carbons (Fsp3) is 0.171. The molecule has 0 spiro atoms. The maximum atomic E-state index is 13.4.